The third-order valence-corrected chi connectivity index (χ3v) is 4.50. The van der Waals surface area contributed by atoms with Crippen LogP contribution in [0.3, 0.4) is 0 Å². The third kappa shape index (κ3) is 4.15. The van der Waals surface area contributed by atoms with Gasteiger partial charge in [-0.1, -0.05) is 11.6 Å². The molecule has 0 radical (unpaired) electrons. The topological polar surface area (TPSA) is 66.4 Å². The lowest BCUT2D eigenvalue weighted by Gasteiger charge is -2.26. The summed E-state index contributed by atoms with van der Waals surface area (Å²) in [7, 11) is 0. The number of amides is 1. The fraction of sp³-hybridized carbons (Fsp3) is 0.429. The molecule has 1 unspecified atom stereocenters. The minimum absolute atomic E-state index is 0.0242. The van der Waals surface area contributed by atoms with Gasteiger partial charge in [0, 0.05) is 28.5 Å². The van der Waals surface area contributed by atoms with E-state index < -0.39 is 5.97 Å². The Morgan fingerprint density at radius 2 is 2.20 bits per heavy atom. The zero-order valence-corrected chi connectivity index (χ0v) is 12.5. The Morgan fingerprint density at radius 1 is 1.40 bits per heavy atom. The van der Waals surface area contributed by atoms with E-state index in [1.807, 2.05) is 18.2 Å². The number of fused-ring (bicyclic) bond motifs is 1. The molecule has 20 heavy (non-hydrogen) atoms. The molecule has 1 atom stereocenters. The van der Waals surface area contributed by atoms with Crippen LogP contribution in [0.1, 0.15) is 37.3 Å². The first kappa shape index (κ1) is 15.2. The van der Waals surface area contributed by atoms with Crippen molar-refractivity contribution >= 4 is 35.2 Å². The third-order valence-electron chi connectivity index (χ3n) is 3.14. The zero-order chi connectivity index (χ0) is 14.5. The molecule has 1 aromatic carbocycles. The fourth-order valence-corrected chi connectivity index (χ4v) is 3.47. The first-order valence-electron chi connectivity index (χ1n) is 6.49. The lowest BCUT2D eigenvalue weighted by Crippen LogP contribution is -2.30. The Morgan fingerprint density at radius 3 is 2.95 bits per heavy atom. The number of aliphatic carboxylic acids is 1. The van der Waals surface area contributed by atoms with Crippen LogP contribution in [0.25, 0.3) is 0 Å². The predicted octanol–water partition coefficient (Wildman–Crippen LogP) is 3.25. The molecule has 0 aliphatic carbocycles. The van der Waals surface area contributed by atoms with Crippen molar-refractivity contribution in [3.63, 3.8) is 0 Å². The summed E-state index contributed by atoms with van der Waals surface area (Å²) in [6, 6.07) is 5.70. The van der Waals surface area contributed by atoms with Gasteiger partial charge in [-0.25, -0.2) is 0 Å². The number of carbonyl (C=O) groups is 2. The summed E-state index contributed by atoms with van der Waals surface area (Å²) >= 11 is 7.77. The zero-order valence-electron chi connectivity index (χ0n) is 10.9. The van der Waals surface area contributed by atoms with E-state index in [2.05, 4.69) is 5.32 Å². The van der Waals surface area contributed by atoms with E-state index >= 15 is 0 Å². The molecule has 1 heterocycles. The van der Waals surface area contributed by atoms with Gasteiger partial charge in [0.1, 0.15) is 0 Å². The van der Waals surface area contributed by atoms with Crippen LogP contribution in [-0.4, -0.2) is 22.7 Å². The van der Waals surface area contributed by atoms with Gasteiger partial charge in [0.05, 0.1) is 6.04 Å². The van der Waals surface area contributed by atoms with E-state index in [4.69, 9.17) is 16.7 Å². The van der Waals surface area contributed by atoms with Crippen LogP contribution in [0.15, 0.2) is 23.1 Å². The molecular formula is C14H16ClNO3S. The first-order valence-corrected chi connectivity index (χ1v) is 7.86. The minimum Gasteiger partial charge on any atom is -0.481 e. The highest BCUT2D eigenvalue weighted by Gasteiger charge is 2.22. The molecule has 2 rings (SSSR count). The summed E-state index contributed by atoms with van der Waals surface area (Å²) in [6.07, 6.45) is 1.50. The maximum atomic E-state index is 11.8. The molecular weight excluding hydrogens is 298 g/mol. The van der Waals surface area contributed by atoms with Crippen LogP contribution >= 0.6 is 23.4 Å². The molecule has 0 spiro atoms. The average molecular weight is 314 g/mol. The van der Waals surface area contributed by atoms with Crippen LogP contribution in [0, 0.1) is 0 Å². The molecule has 1 aliphatic rings. The SMILES string of the molecule is O=C(O)CCCC(=O)NC1CCSc2ccc(Cl)cc21. The number of rotatable bonds is 5. The maximum Gasteiger partial charge on any atom is 0.303 e. The molecule has 0 bridgehead atoms. The van der Waals surface area contributed by atoms with Crippen molar-refractivity contribution in [2.45, 2.75) is 36.6 Å². The van der Waals surface area contributed by atoms with Gasteiger partial charge in [-0.05, 0) is 36.6 Å². The summed E-state index contributed by atoms with van der Waals surface area (Å²) in [6.45, 7) is 0. The van der Waals surface area contributed by atoms with Crippen LogP contribution < -0.4 is 5.32 Å². The number of thioether (sulfide) groups is 1. The molecule has 1 aromatic rings. The number of carbonyl (C=O) groups excluding carboxylic acids is 1. The summed E-state index contributed by atoms with van der Waals surface area (Å²) in [4.78, 5) is 23.4. The van der Waals surface area contributed by atoms with Gasteiger partial charge in [0.25, 0.3) is 0 Å². The summed E-state index contributed by atoms with van der Waals surface area (Å²) < 4.78 is 0. The fourth-order valence-electron chi connectivity index (χ4n) is 2.18. The number of hydrogen-bond acceptors (Lipinski definition) is 3. The van der Waals surface area contributed by atoms with Gasteiger partial charge in [-0.15, -0.1) is 11.8 Å². The van der Waals surface area contributed by atoms with Crippen molar-refractivity contribution in [1.29, 1.82) is 0 Å². The van der Waals surface area contributed by atoms with E-state index in [1.165, 1.54) is 0 Å². The molecule has 0 saturated heterocycles. The molecule has 0 aromatic heterocycles. The molecule has 108 valence electrons. The summed E-state index contributed by atoms with van der Waals surface area (Å²) in [5.74, 6) is -0.0209. The minimum atomic E-state index is -0.871. The lowest BCUT2D eigenvalue weighted by atomic mass is 10.0. The van der Waals surface area contributed by atoms with Crippen molar-refractivity contribution < 1.29 is 14.7 Å². The monoisotopic (exact) mass is 313 g/mol. The van der Waals surface area contributed by atoms with E-state index in [-0.39, 0.29) is 24.8 Å². The molecule has 6 heteroatoms. The van der Waals surface area contributed by atoms with Crippen molar-refractivity contribution in [1.82, 2.24) is 5.32 Å². The number of halogens is 1. The highest BCUT2D eigenvalue weighted by atomic mass is 35.5. The Kier molecular flexibility index (Phi) is 5.31. The Bertz CT molecular complexity index is 521. The highest BCUT2D eigenvalue weighted by Crippen LogP contribution is 2.37. The van der Waals surface area contributed by atoms with E-state index in [1.54, 1.807) is 11.8 Å². The van der Waals surface area contributed by atoms with Crippen molar-refractivity contribution in [3.8, 4) is 0 Å². The van der Waals surface area contributed by atoms with E-state index in [0.717, 1.165) is 22.6 Å². The molecule has 1 amide bonds. The van der Waals surface area contributed by atoms with Crippen LogP contribution in [0.2, 0.25) is 5.02 Å². The van der Waals surface area contributed by atoms with Gasteiger partial charge in [-0.2, -0.15) is 0 Å². The number of hydrogen-bond donors (Lipinski definition) is 2. The van der Waals surface area contributed by atoms with Crippen molar-refractivity contribution in [2.75, 3.05) is 5.75 Å². The Labute approximate surface area is 126 Å². The lowest BCUT2D eigenvalue weighted by molar-refractivity contribution is -0.137. The second-order valence-electron chi connectivity index (χ2n) is 4.69. The van der Waals surface area contributed by atoms with E-state index in [0.29, 0.717) is 11.4 Å². The summed E-state index contributed by atoms with van der Waals surface area (Å²) in [5, 5.41) is 12.2. The number of carboxylic acids is 1. The first-order chi connectivity index (χ1) is 9.56. The van der Waals surface area contributed by atoms with Crippen molar-refractivity contribution in [2.24, 2.45) is 0 Å². The summed E-state index contributed by atoms with van der Waals surface area (Å²) in [5.41, 5.74) is 1.06. The Balaban J connectivity index is 1.96. The van der Waals surface area contributed by atoms with Gasteiger partial charge in [0.2, 0.25) is 5.91 Å². The van der Waals surface area contributed by atoms with Crippen LogP contribution in [0.4, 0.5) is 0 Å². The quantitative estimate of drug-likeness (QED) is 0.875. The van der Waals surface area contributed by atoms with Gasteiger partial charge < -0.3 is 10.4 Å². The highest BCUT2D eigenvalue weighted by molar-refractivity contribution is 7.99. The molecule has 0 fully saturated rings. The van der Waals surface area contributed by atoms with Crippen LogP contribution in [-0.2, 0) is 9.59 Å². The van der Waals surface area contributed by atoms with Crippen molar-refractivity contribution in [3.05, 3.63) is 28.8 Å². The number of benzene rings is 1. The molecule has 2 N–H and O–H groups in total. The number of nitrogens with one attached hydrogen (secondary N) is 1. The Hall–Kier alpha value is -1.20. The largest absolute Gasteiger partial charge is 0.481 e. The second kappa shape index (κ2) is 6.99. The molecule has 1 aliphatic heterocycles. The normalized spacial score (nSPS) is 17.4. The second-order valence-corrected chi connectivity index (χ2v) is 6.26. The molecule has 4 nitrogen and oxygen atoms in total. The number of carboxylic acid groups (broad SMARTS) is 1. The standard InChI is InChI=1S/C14H16ClNO3S/c15-9-4-5-12-10(8-9)11(6-7-20-12)16-13(17)2-1-3-14(18)19/h4-5,8,11H,1-3,6-7H2,(H,16,17)(H,18,19). The smallest absolute Gasteiger partial charge is 0.303 e. The van der Waals surface area contributed by atoms with Gasteiger partial charge in [-0.3, -0.25) is 9.59 Å². The van der Waals surface area contributed by atoms with Gasteiger partial charge >= 0.3 is 5.97 Å². The average Bonchev–Trinajstić information content (AvgIpc) is 2.39. The van der Waals surface area contributed by atoms with E-state index in [9.17, 15) is 9.59 Å². The van der Waals surface area contributed by atoms with Gasteiger partial charge in [0.15, 0.2) is 0 Å². The molecule has 0 saturated carbocycles. The predicted molar refractivity (Wildman–Crippen MR) is 79.2 cm³/mol. The van der Waals surface area contributed by atoms with Crippen LogP contribution in [0.5, 0.6) is 0 Å². The maximum absolute atomic E-state index is 11.8.